The highest BCUT2D eigenvalue weighted by atomic mass is 32.2. The van der Waals surface area contributed by atoms with E-state index in [0.717, 1.165) is 0 Å². The summed E-state index contributed by atoms with van der Waals surface area (Å²) in [6.07, 6.45) is 6.74. The van der Waals surface area contributed by atoms with Crippen LogP contribution in [-0.2, 0) is 10.1 Å². The number of nitrogens with one attached hydrogen (secondary N) is 1. The molecule has 1 aromatic heterocycles. The molecule has 114 valence electrons. The van der Waals surface area contributed by atoms with Crippen LogP contribution in [0.25, 0.3) is 10.9 Å². The lowest BCUT2D eigenvalue weighted by Gasteiger charge is -2.09. The number of hydrogen-bond donors (Lipinski definition) is 2. The van der Waals surface area contributed by atoms with Crippen LogP contribution >= 0.6 is 0 Å². The molecule has 3 aromatic rings. The summed E-state index contributed by atoms with van der Waals surface area (Å²) in [5, 5.41) is 3.54. The number of terminal acetylenes is 1. The number of hydrogen-bond acceptors (Lipinski definition) is 5. The first kappa shape index (κ1) is 15.0. The maximum absolute atomic E-state index is 11.3. The van der Waals surface area contributed by atoms with Crippen molar-refractivity contribution in [1.82, 2.24) is 9.97 Å². The van der Waals surface area contributed by atoms with Crippen molar-refractivity contribution in [1.29, 1.82) is 0 Å². The molecule has 0 saturated carbocycles. The lowest BCUT2D eigenvalue weighted by Crippen LogP contribution is -2.00. The second kappa shape index (κ2) is 5.68. The van der Waals surface area contributed by atoms with E-state index in [9.17, 15) is 13.0 Å². The average Bonchev–Trinajstić information content (AvgIpc) is 2.54. The predicted octanol–water partition coefficient (Wildman–Crippen LogP) is 2.60. The van der Waals surface area contributed by atoms with Gasteiger partial charge in [-0.25, -0.2) is 9.97 Å². The lowest BCUT2D eigenvalue weighted by molar-refractivity contribution is 0.483. The molecule has 1 heterocycles. The lowest BCUT2D eigenvalue weighted by atomic mass is 10.2. The van der Waals surface area contributed by atoms with Gasteiger partial charge in [0.25, 0.3) is 10.1 Å². The maximum atomic E-state index is 11.3. The smallest absolute Gasteiger partial charge is 0.294 e. The van der Waals surface area contributed by atoms with Gasteiger partial charge in [-0.3, -0.25) is 4.55 Å². The summed E-state index contributed by atoms with van der Waals surface area (Å²) in [6, 6.07) is 11.3. The molecule has 0 atom stereocenters. The van der Waals surface area contributed by atoms with E-state index in [1.807, 2.05) is 0 Å². The Kier molecular flexibility index (Phi) is 3.70. The van der Waals surface area contributed by atoms with E-state index in [1.54, 1.807) is 24.3 Å². The first-order valence-corrected chi connectivity index (χ1v) is 7.97. The Labute approximate surface area is 133 Å². The largest absolute Gasteiger partial charge is 0.340 e. The summed E-state index contributed by atoms with van der Waals surface area (Å²) < 4.78 is 31.8. The minimum atomic E-state index is -4.30. The second-order valence-corrected chi connectivity index (χ2v) is 6.15. The fourth-order valence-corrected chi connectivity index (χ4v) is 2.63. The Morgan fingerprint density at radius 1 is 1.13 bits per heavy atom. The summed E-state index contributed by atoms with van der Waals surface area (Å²) in [5.41, 5.74) is 1.95. The average molecular weight is 325 g/mol. The van der Waals surface area contributed by atoms with E-state index in [1.165, 1.54) is 24.5 Å². The van der Waals surface area contributed by atoms with Gasteiger partial charge in [0.15, 0.2) is 0 Å². The molecule has 6 nitrogen and oxygen atoms in total. The standard InChI is InChI=1S/C16H11N3O3S/c1-2-11-4-3-5-12(8-11)19-16-14-9-13(23(20,21)22)6-7-15(14)17-10-18-16/h1,3-10H,(H,17,18,19)(H,20,21,22). The zero-order chi connectivity index (χ0) is 16.4. The van der Waals surface area contributed by atoms with Crippen molar-refractivity contribution < 1.29 is 13.0 Å². The van der Waals surface area contributed by atoms with Gasteiger partial charge in [0.05, 0.1) is 10.4 Å². The Morgan fingerprint density at radius 2 is 1.96 bits per heavy atom. The van der Waals surface area contributed by atoms with Crippen LogP contribution in [0.15, 0.2) is 53.7 Å². The first-order chi connectivity index (χ1) is 11.0. The summed E-state index contributed by atoms with van der Waals surface area (Å²) >= 11 is 0. The molecule has 0 bridgehead atoms. The van der Waals surface area contributed by atoms with Gasteiger partial charge in [0.2, 0.25) is 0 Å². The minimum absolute atomic E-state index is 0.222. The fourth-order valence-electron chi connectivity index (χ4n) is 2.12. The Bertz CT molecular complexity index is 1040. The monoisotopic (exact) mass is 325 g/mol. The second-order valence-electron chi connectivity index (χ2n) is 4.73. The minimum Gasteiger partial charge on any atom is -0.340 e. The van der Waals surface area contributed by atoms with Crippen LogP contribution in [0.5, 0.6) is 0 Å². The third-order valence-electron chi connectivity index (χ3n) is 3.20. The van der Waals surface area contributed by atoms with Gasteiger partial charge in [-0.15, -0.1) is 6.42 Å². The summed E-state index contributed by atoms with van der Waals surface area (Å²) in [4.78, 5) is 7.99. The van der Waals surface area contributed by atoms with E-state index in [0.29, 0.717) is 28.0 Å². The fraction of sp³-hybridized carbons (Fsp3) is 0. The predicted molar refractivity (Wildman–Crippen MR) is 87.0 cm³/mol. The van der Waals surface area contributed by atoms with Crippen molar-refractivity contribution in [3.05, 3.63) is 54.4 Å². The zero-order valence-corrected chi connectivity index (χ0v) is 12.6. The third kappa shape index (κ3) is 3.13. The molecular formula is C16H11N3O3S. The van der Waals surface area contributed by atoms with Crippen molar-refractivity contribution in [2.24, 2.45) is 0 Å². The molecule has 3 rings (SSSR count). The molecule has 7 heteroatoms. The maximum Gasteiger partial charge on any atom is 0.294 e. The molecule has 0 saturated heterocycles. The highest BCUT2D eigenvalue weighted by Gasteiger charge is 2.12. The number of aromatic nitrogens is 2. The number of nitrogens with zero attached hydrogens (tertiary/aromatic N) is 2. The summed E-state index contributed by atoms with van der Waals surface area (Å²) in [7, 11) is -4.30. The van der Waals surface area contributed by atoms with Gasteiger partial charge in [0, 0.05) is 16.6 Å². The van der Waals surface area contributed by atoms with Crippen molar-refractivity contribution in [2.75, 3.05) is 5.32 Å². The number of anilines is 2. The molecule has 0 fully saturated rings. The molecule has 2 aromatic carbocycles. The van der Waals surface area contributed by atoms with Crippen molar-refractivity contribution in [3.8, 4) is 12.3 Å². The summed E-state index contributed by atoms with van der Waals surface area (Å²) in [6.45, 7) is 0. The Balaban J connectivity index is 2.11. The van der Waals surface area contributed by atoms with Crippen LogP contribution in [0.4, 0.5) is 11.5 Å². The highest BCUT2D eigenvalue weighted by Crippen LogP contribution is 2.25. The third-order valence-corrected chi connectivity index (χ3v) is 4.05. The van der Waals surface area contributed by atoms with Gasteiger partial charge >= 0.3 is 0 Å². The zero-order valence-electron chi connectivity index (χ0n) is 11.8. The van der Waals surface area contributed by atoms with E-state index in [-0.39, 0.29) is 4.90 Å². The van der Waals surface area contributed by atoms with Crippen LogP contribution in [0.2, 0.25) is 0 Å². The molecular weight excluding hydrogens is 314 g/mol. The molecule has 2 N–H and O–H groups in total. The van der Waals surface area contributed by atoms with Crippen LogP contribution in [0, 0.1) is 12.3 Å². The van der Waals surface area contributed by atoms with Gasteiger partial charge in [-0.05, 0) is 36.4 Å². The quantitative estimate of drug-likeness (QED) is 0.568. The molecule has 0 amide bonds. The first-order valence-electron chi connectivity index (χ1n) is 6.53. The number of fused-ring (bicyclic) bond motifs is 1. The van der Waals surface area contributed by atoms with Crippen molar-refractivity contribution in [3.63, 3.8) is 0 Å². The van der Waals surface area contributed by atoms with Crippen LogP contribution in [-0.4, -0.2) is 22.9 Å². The van der Waals surface area contributed by atoms with Crippen molar-refractivity contribution in [2.45, 2.75) is 4.90 Å². The van der Waals surface area contributed by atoms with Gasteiger partial charge in [0.1, 0.15) is 12.1 Å². The SMILES string of the molecule is C#Cc1cccc(Nc2ncnc3ccc(S(=O)(=O)O)cc23)c1. The number of benzene rings is 2. The van der Waals surface area contributed by atoms with E-state index < -0.39 is 10.1 Å². The van der Waals surface area contributed by atoms with E-state index in [2.05, 4.69) is 21.2 Å². The van der Waals surface area contributed by atoms with Gasteiger partial charge in [-0.2, -0.15) is 8.42 Å². The Morgan fingerprint density at radius 3 is 2.70 bits per heavy atom. The number of rotatable bonds is 3. The van der Waals surface area contributed by atoms with Gasteiger partial charge < -0.3 is 5.32 Å². The Hall–Kier alpha value is -2.95. The molecule has 0 aliphatic carbocycles. The van der Waals surface area contributed by atoms with Crippen molar-refractivity contribution >= 4 is 32.5 Å². The van der Waals surface area contributed by atoms with Gasteiger partial charge in [-0.1, -0.05) is 12.0 Å². The molecule has 23 heavy (non-hydrogen) atoms. The molecule has 0 spiro atoms. The molecule has 0 aliphatic rings. The topological polar surface area (TPSA) is 92.2 Å². The van der Waals surface area contributed by atoms with Crippen LogP contribution in [0.1, 0.15) is 5.56 Å². The molecule has 0 aliphatic heterocycles. The van der Waals surface area contributed by atoms with E-state index in [4.69, 9.17) is 6.42 Å². The molecule has 0 unspecified atom stereocenters. The van der Waals surface area contributed by atoms with E-state index >= 15 is 0 Å². The normalized spacial score (nSPS) is 11.1. The van der Waals surface area contributed by atoms with Crippen LogP contribution in [0.3, 0.4) is 0 Å². The highest BCUT2D eigenvalue weighted by molar-refractivity contribution is 7.85. The molecule has 0 radical (unpaired) electrons. The summed E-state index contributed by atoms with van der Waals surface area (Å²) in [5.74, 6) is 2.95. The van der Waals surface area contributed by atoms with Crippen LogP contribution < -0.4 is 5.32 Å².